The molecule has 2 heterocycles. The summed E-state index contributed by atoms with van der Waals surface area (Å²) in [7, 11) is 0. The van der Waals surface area contributed by atoms with Crippen molar-refractivity contribution < 1.29 is 0 Å². The lowest BCUT2D eigenvalue weighted by atomic mass is 9.93. The summed E-state index contributed by atoms with van der Waals surface area (Å²) in [4.78, 5) is 5.70. The van der Waals surface area contributed by atoms with Crippen molar-refractivity contribution in [1.29, 1.82) is 0 Å². The van der Waals surface area contributed by atoms with E-state index in [2.05, 4.69) is 31.1 Å². The monoisotopic (exact) mass is 206 g/mol. The molecule has 74 valence electrons. The molecule has 0 unspecified atom stereocenters. The Bertz CT molecular complexity index is 466. The summed E-state index contributed by atoms with van der Waals surface area (Å²) in [6, 6.07) is 1.85. The van der Waals surface area contributed by atoms with Gasteiger partial charge in [0.05, 0.1) is 5.52 Å². The van der Waals surface area contributed by atoms with E-state index in [0.717, 1.165) is 16.6 Å². The number of nitrogen functional groups attached to an aromatic ring is 1. The molecule has 0 radical (unpaired) electrons. The van der Waals surface area contributed by atoms with Gasteiger partial charge in [0, 0.05) is 27.5 Å². The molecule has 0 fully saturated rings. The first-order valence-electron chi connectivity index (χ1n) is 4.62. The summed E-state index contributed by atoms with van der Waals surface area (Å²) in [5.74, 6) is 0. The molecule has 3 heteroatoms. The third-order valence-electron chi connectivity index (χ3n) is 2.21. The summed E-state index contributed by atoms with van der Waals surface area (Å²) < 4.78 is 0. The lowest BCUT2D eigenvalue weighted by Crippen LogP contribution is -2.09. The van der Waals surface area contributed by atoms with E-state index in [9.17, 15) is 0 Å². The molecule has 0 aromatic carbocycles. The van der Waals surface area contributed by atoms with Gasteiger partial charge < -0.3 is 5.73 Å². The average molecular weight is 206 g/mol. The van der Waals surface area contributed by atoms with Gasteiger partial charge in [-0.3, -0.25) is 4.98 Å². The van der Waals surface area contributed by atoms with Crippen molar-refractivity contribution in [2.45, 2.75) is 26.2 Å². The van der Waals surface area contributed by atoms with Crippen LogP contribution in [0, 0.1) is 0 Å². The van der Waals surface area contributed by atoms with Crippen molar-refractivity contribution in [3.05, 3.63) is 22.5 Å². The highest BCUT2D eigenvalue weighted by Crippen LogP contribution is 2.36. The smallest absolute Gasteiger partial charge is 0.0867 e. The average Bonchev–Trinajstić information content (AvgIpc) is 2.47. The number of thiophene rings is 1. The van der Waals surface area contributed by atoms with Crippen LogP contribution >= 0.6 is 11.3 Å². The summed E-state index contributed by atoms with van der Waals surface area (Å²) in [6.45, 7) is 6.59. The maximum absolute atomic E-state index is 5.88. The fraction of sp³-hybridized carbons (Fsp3) is 0.364. The lowest BCUT2D eigenvalue weighted by molar-refractivity contribution is 0.607. The Balaban J connectivity index is 2.76. The molecular weight excluding hydrogens is 192 g/mol. The molecule has 2 aromatic rings. The molecule has 0 aliphatic carbocycles. The minimum absolute atomic E-state index is 0.146. The molecule has 2 N–H and O–H groups in total. The SMILES string of the molecule is CC(C)(C)c1scc2c(N)ccnc12. The van der Waals surface area contributed by atoms with Gasteiger partial charge in [0.15, 0.2) is 0 Å². The Morgan fingerprint density at radius 1 is 1.36 bits per heavy atom. The number of rotatable bonds is 0. The Morgan fingerprint density at radius 2 is 2.07 bits per heavy atom. The highest BCUT2D eigenvalue weighted by atomic mass is 32.1. The highest BCUT2D eigenvalue weighted by Gasteiger charge is 2.20. The van der Waals surface area contributed by atoms with Crippen LogP contribution in [0.3, 0.4) is 0 Å². The minimum atomic E-state index is 0.146. The largest absolute Gasteiger partial charge is 0.398 e. The van der Waals surface area contributed by atoms with Crippen LogP contribution in [0.2, 0.25) is 0 Å². The van der Waals surface area contributed by atoms with Crippen LogP contribution in [0.5, 0.6) is 0 Å². The number of pyridine rings is 1. The predicted molar refractivity (Wildman–Crippen MR) is 62.7 cm³/mol. The molecule has 0 bridgehead atoms. The Labute approximate surface area is 87.8 Å². The third-order valence-corrected chi connectivity index (χ3v) is 3.61. The van der Waals surface area contributed by atoms with E-state index in [-0.39, 0.29) is 5.41 Å². The summed E-state index contributed by atoms with van der Waals surface area (Å²) >= 11 is 1.74. The molecule has 0 spiro atoms. The molecule has 0 aliphatic rings. The highest BCUT2D eigenvalue weighted by molar-refractivity contribution is 7.11. The normalized spacial score (nSPS) is 12.2. The van der Waals surface area contributed by atoms with Gasteiger partial charge in [0.25, 0.3) is 0 Å². The fourth-order valence-electron chi connectivity index (χ4n) is 1.50. The molecule has 2 rings (SSSR count). The zero-order valence-corrected chi connectivity index (χ0v) is 9.48. The van der Waals surface area contributed by atoms with E-state index in [1.54, 1.807) is 17.5 Å². The van der Waals surface area contributed by atoms with E-state index in [1.807, 2.05) is 6.07 Å². The summed E-state index contributed by atoms with van der Waals surface area (Å²) in [6.07, 6.45) is 1.78. The predicted octanol–water partition coefficient (Wildman–Crippen LogP) is 3.18. The van der Waals surface area contributed by atoms with E-state index < -0.39 is 0 Å². The van der Waals surface area contributed by atoms with Gasteiger partial charge in [-0.05, 0) is 11.5 Å². The maximum Gasteiger partial charge on any atom is 0.0867 e. The first kappa shape index (κ1) is 9.46. The third kappa shape index (κ3) is 1.38. The first-order chi connectivity index (χ1) is 6.50. The number of hydrogen-bond donors (Lipinski definition) is 1. The van der Waals surface area contributed by atoms with Crippen LogP contribution < -0.4 is 5.73 Å². The first-order valence-corrected chi connectivity index (χ1v) is 5.50. The topological polar surface area (TPSA) is 38.9 Å². The van der Waals surface area contributed by atoms with Crippen LogP contribution in [0.25, 0.3) is 10.9 Å². The summed E-state index contributed by atoms with van der Waals surface area (Å²) in [5.41, 5.74) is 7.90. The Morgan fingerprint density at radius 3 is 2.71 bits per heavy atom. The zero-order chi connectivity index (χ0) is 10.3. The number of nitrogens with zero attached hydrogens (tertiary/aromatic N) is 1. The fourth-order valence-corrected chi connectivity index (χ4v) is 2.61. The molecule has 2 aromatic heterocycles. The maximum atomic E-state index is 5.88. The minimum Gasteiger partial charge on any atom is -0.398 e. The number of anilines is 1. The molecule has 2 nitrogen and oxygen atoms in total. The lowest BCUT2D eigenvalue weighted by Gasteiger charge is -2.16. The van der Waals surface area contributed by atoms with Crippen molar-refractivity contribution in [2.75, 3.05) is 5.73 Å². The van der Waals surface area contributed by atoms with Crippen LogP contribution in [0.4, 0.5) is 5.69 Å². The van der Waals surface area contributed by atoms with Gasteiger partial charge in [-0.15, -0.1) is 11.3 Å². The van der Waals surface area contributed by atoms with Crippen molar-refractivity contribution in [1.82, 2.24) is 4.98 Å². The second-order valence-electron chi connectivity index (χ2n) is 4.48. The molecule has 0 amide bonds. The van der Waals surface area contributed by atoms with Gasteiger partial charge in [-0.1, -0.05) is 20.8 Å². The van der Waals surface area contributed by atoms with Crippen molar-refractivity contribution in [2.24, 2.45) is 0 Å². The van der Waals surface area contributed by atoms with E-state index >= 15 is 0 Å². The zero-order valence-electron chi connectivity index (χ0n) is 8.66. The van der Waals surface area contributed by atoms with E-state index in [1.165, 1.54) is 4.88 Å². The van der Waals surface area contributed by atoms with Crippen molar-refractivity contribution >= 4 is 27.9 Å². The van der Waals surface area contributed by atoms with Gasteiger partial charge in [-0.2, -0.15) is 0 Å². The Kier molecular flexibility index (Phi) is 2.00. The van der Waals surface area contributed by atoms with Gasteiger partial charge in [0.2, 0.25) is 0 Å². The number of aromatic nitrogens is 1. The molecule has 14 heavy (non-hydrogen) atoms. The van der Waals surface area contributed by atoms with Crippen LogP contribution in [-0.2, 0) is 5.41 Å². The van der Waals surface area contributed by atoms with Gasteiger partial charge >= 0.3 is 0 Å². The number of hydrogen-bond acceptors (Lipinski definition) is 3. The van der Waals surface area contributed by atoms with E-state index in [0.29, 0.717) is 0 Å². The Hall–Kier alpha value is -1.09. The van der Waals surface area contributed by atoms with Crippen molar-refractivity contribution in [3.8, 4) is 0 Å². The molecular formula is C11H14N2S. The summed E-state index contributed by atoms with van der Waals surface area (Å²) in [5, 5.41) is 3.18. The van der Waals surface area contributed by atoms with Crippen LogP contribution in [0.1, 0.15) is 25.6 Å². The van der Waals surface area contributed by atoms with Crippen LogP contribution in [0.15, 0.2) is 17.6 Å². The molecule has 0 saturated heterocycles. The van der Waals surface area contributed by atoms with Gasteiger partial charge in [-0.25, -0.2) is 0 Å². The van der Waals surface area contributed by atoms with E-state index in [4.69, 9.17) is 5.73 Å². The molecule has 0 aliphatic heterocycles. The second kappa shape index (κ2) is 2.95. The second-order valence-corrected chi connectivity index (χ2v) is 5.36. The van der Waals surface area contributed by atoms with Crippen molar-refractivity contribution in [3.63, 3.8) is 0 Å². The quantitative estimate of drug-likeness (QED) is 0.719. The van der Waals surface area contributed by atoms with Gasteiger partial charge in [0.1, 0.15) is 0 Å². The van der Waals surface area contributed by atoms with Crippen LogP contribution in [-0.4, -0.2) is 4.98 Å². The standard InChI is InChI=1S/C11H14N2S/c1-11(2,3)10-9-7(6-14-10)8(12)4-5-13-9/h4-6H,12H2,1-3H3. The number of nitrogens with two attached hydrogens (primary N) is 1. The number of fused-ring (bicyclic) bond motifs is 1. The molecule has 0 saturated carbocycles. The molecule has 0 atom stereocenters.